The molecule has 0 radical (unpaired) electrons. The van der Waals surface area contributed by atoms with Crippen LogP contribution in [-0.4, -0.2) is 11.1 Å². The van der Waals surface area contributed by atoms with Gasteiger partial charge in [-0.3, -0.25) is 0 Å². The van der Waals surface area contributed by atoms with Crippen molar-refractivity contribution < 1.29 is 0 Å². The van der Waals surface area contributed by atoms with Crippen LogP contribution in [0.2, 0.25) is 0 Å². The van der Waals surface area contributed by atoms with Crippen molar-refractivity contribution in [3.8, 4) is 0 Å². The first kappa shape index (κ1) is 11.8. The van der Waals surface area contributed by atoms with Crippen molar-refractivity contribution in [3.63, 3.8) is 0 Å². The topological polar surface area (TPSA) is 30.9 Å². The van der Waals surface area contributed by atoms with Gasteiger partial charge < -0.3 is 10.3 Å². The minimum absolute atomic E-state index is 0.192. The number of aryl methyl sites for hydroxylation is 2. The van der Waals surface area contributed by atoms with E-state index in [1.807, 2.05) is 0 Å². The van der Waals surface area contributed by atoms with E-state index in [0.29, 0.717) is 0 Å². The zero-order valence-electron chi connectivity index (χ0n) is 11.4. The van der Waals surface area contributed by atoms with E-state index in [-0.39, 0.29) is 5.41 Å². The molecule has 0 spiro atoms. The summed E-state index contributed by atoms with van der Waals surface area (Å²) in [5.41, 5.74) is 10.5. The maximum absolute atomic E-state index is 5.85. The van der Waals surface area contributed by atoms with Crippen LogP contribution >= 0.6 is 0 Å². The fourth-order valence-electron chi connectivity index (χ4n) is 3.05. The Morgan fingerprint density at radius 1 is 1.33 bits per heavy atom. The monoisotopic (exact) mass is 242 g/mol. The standard InChI is InChI=1S/C16H22N2/c1-16(2,11-17)10-12-8-13-4-3-6-18-7-5-14(9-12)15(13)18/h5,7-9H,3-4,6,10-11,17H2,1-2H3. The third kappa shape index (κ3) is 1.95. The molecule has 0 bridgehead atoms. The van der Waals surface area contributed by atoms with Crippen LogP contribution in [0, 0.1) is 5.41 Å². The summed E-state index contributed by atoms with van der Waals surface area (Å²) in [6.45, 7) is 6.40. The molecule has 1 aliphatic heterocycles. The van der Waals surface area contributed by atoms with Crippen molar-refractivity contribution in [2.75, 3.05) is 6.54 Å². The number of hydrogen-bond donors (Lipinski definition) is 1. The second kappa shape index (κ2) is 4.13. The highest BCUT2D eigenvalue weighted by Crippen LogP contribution is 2.30. The Morgan fingerprint density at radius 3 is 2.94 bits per heavy atom. The Bertz CT molecular complexity index is 578. The van der Waals surface area contributed by atoms with Gasteiger partial charge in [0.2, 0.25) is 0 Å². The molecule has 0 fully saturated rings. The van der Waals surface area contributed by atoms with Crippen LogP contribution in [0.1, 0.15) is 31.4 Å². The molecule has 2 N–H and O–H groups in total. The molecule has 0 saturated carbocycles. The van der Waals surface area contributed by atoms with Crippen LogP contribution in [-0.2, 0) is 19.4 Å². The van der Waals surface area contributed by atoms with E-state index < -0.39 is 0 Å². The molecule has 1 aromatic heterocycles. The molecule has 0 saturated heterocycles. The van der Waals surface area contributed by atoms with Crippen LogP contribution in [0.25, 0.3) is 10.9 Å². The molecule has 3 rings (SSSR count). The first-order chi connectivity index (χ1) is 8.59. The summed E-state index contributed by atoms with van der Waals surface area (Å²) in [6.07, 6.45) is 5.78. The number of hydrogen-bond acceptors (Lipinski definition) is 1. The van der Waals surface area contributed by atoms with E-state index in [4.69, 9.17) is 5.73 Å². The first-order valence-corrected chi connectivity index (χ1v) is 6.90. The molecular weight excluding hydrogens is 220 g/mol. The molecule has 18 heavy (non-hydrogen) atoms. The Morgan fingerprint density at radius 2 is 2.17 bits per heavy atom. The SMILES string of the molecule is CC(C)(CN)Cc1cc2c3c(ccn3CCC2)c1. The summed E-state index contributed by atoms with van der Waals surface area (Å²) in [5.74, 6) is 0. The van der Waals surface area contributed by atoms with Gasteiger partial charge in [-0.1, -0.05) is 19.9 Å². The van der Waals surface area contributed by atoms with Crippen LogP contribution in [0.4, 0.5) is 0 Å². The molecule has 0 atom stereocenters. The fraction of sp³-hybridized carbons (Fsp3) is 0.500. The number of rotatable bonds is 3. The van der Waals surface area contributed by atoms with Gasteiger partial charge in [0.05, 0.1) is 5.52 Å². The largest absolute Gasteiger partial charge is 0.347 e. The van der Waals surface area contributed by atoms with Gasteiger partial charge in [0, 0.05) is 18.1 Å². The van der Waals surface area contributed by atoms with Crippen molar-refractivity contribution in [1.29, 1.82) is 0 Å². The lowest BCUT2D eigenvalue weighted by Crippen LogP contribution is -2.26. The summed E-state index contributed by atoms with van der Waals surface area (Å²) in [6, 6.07) is 7.00. The molecule has 2 heteroatoms. The normalized spacial score (nSPS) is 15.3. The fourth-order valence-corrected chi connectivity index (χ4v) is 3.05. The average molecular weight is 242 g/mol. The smallest absolute Gasteiger partial charge is 0.0513 e. The van der Waals surface area contributed by atoms with Gasteiger partial charge in [0.25, 0.3) is 0 Å². The summed E-state index contributed by atoms with van der Waals surface area (Å²) in [4.78, 5) is 0. The van der Waals surface area contributed by atoms with Crippen molar-refractivity contribution in [1.82, 2.24) is 4.57 Å². The second-order valence-electron chi connectivity index (χ2n) is 6.35. The minimum Gasteiger partial charge on any atom is -0.347 e. The Kier molecular flexibility index (Phi) is 2.70. The lowest BCUT2D eigenvalue weighted by molar-refractivity contribution is 0.377. The third-order valence-electron chi connectivity index (χ3n) is 4.08. The number of nitrogens with zero attached hydrogens (tertiary/aromatic N) is 1. The molecule has 0 amide bonds. The molecule has 96 valence electrons. The maximum Gasteiger partial charge on any atom is 0.0513 e. The quantitative estimate of drug-likeness (QED) is 0.881. The zero-order chi connectivity index (χ0) is 12.8. The second-order valence-corrected chi connectivity index (χ2v) is 6.35. The number of aromatic nitrogens is 1. The van der Waals surface area contributed by atoms with E-state index in [0.717, 1.165) is 13.0 Å². The molecule has 0 unspecified atom stereocenters. The van der Waals surface area contributed by atoms with Gasteiger partial charge in [0.1, 0.15) is 0 Å². The minimum atomic E-state index is 0.192. The summed E-state index contributed by atoms with van der Waals surface area (Å²) >= 11 is 0. The van der Waals surface area contributed by atoms with Crippen molar-refractivity contribution in [2.24, 2.45) is 11.1 Å². The molecule has 1 aliphatic rings. The van der Waals surface area contributed by atoms with Crippen molar-refractivity contribution in [2.45, 2.75) is 39.7 Å². The van der Waals surface area contributed by atoms with E-state index in [2.05, 4.69) is 42.8 Å². The zero-order valence-corrected chi connectivity index (χ0v) is 11.4. The van der Waals surface area contributed by atoms with E-state index in [1.54, 1.807) is 0 Å². The van der Waals surface area contributed by atoms with Crippen molar-refractivity contribution >= 4 is 10.9 Å². The van der Waals surface area contributed by atoms with Crippen molar-refractivity contribution in [3.05, 3.63) is 35.5 Å². The Labute approximate surface area is 109 Å². The number of benzene rings is 1. The predicted molar refractivity (Wildman–Crippen MR) is 76.8 cm³/mol. The first-order valence-electron chi connectivity index (χ1n) is 6.90. The van der Waals surface area contributed by atoms with E-state index in [1.165, 1.54) is 41.4 Å². The molecule has 2 aromatic rings. The number of nitrogens with two attached hydrogens (primary N) is 1. The predicted octanol–water partition coefficient (Wildman–Crippen LogP) is 3.11. The Balaban J connectivity index is 2.05. The van der Waals surface area contributed by atoms with Crippen LogP contribution < -0.4 is 5.73 Å². The summed E-state index contributed by atoms with van der Waals surface area (Å²) in [5, 5.41) is 1.40. The van der Waals surface area contributed by atoms with Gasteiger partial charge in [-0.05, 0) is 54.5 Å². The third-order valence-corrected chi connectivity index (χ3v) is 4.08. The van der Waals surface area contributed by atoms with Gasteiger partial charge in [-0.15, -0.1) is 0 Å². The Hall–Kier alpha value is -1.28. The van der Waals surface area contributed by atoms with Gasteiger partial charge in [-0.2, -0.15) is 0 Å². The maximum atomic E-state index is 5.85. The highest BCUT2D eigenvalue weighted by molar-refractivity contribution is 5.84. The van der Waals surface area contributed by atoms with Crippen LogP contribution in [0.5, 0.6) is 0 Å². The molecule has 2 heterocycles. The van der Waals surface area contributed by atoms with E-state index >= 15 is 0 Å². The summed E-state index contributed by atoms with van der Waals surface area (Å²) in [7, 11) is 0. The molecule has 0 aliphatic carbocycles. The van der Waals surface area contributed by atoms with Gasteiger partial charge in [0.15, 0.2) is 0 Å². The van der Waals surface area contributed by atoms with Gasteiger partial charge in [-0.25, -0.2) is 0 Å². The molecule has 2 nitrogen and oxygen atoms in total. The van der Waals surface area contributed by atoms with Gasteiger partial charge >= 0.3 is 0 Å². The lowest BCUT2D eigenvalue weighted by Gasteiger charge is -2.24. The van der Waals surface area contributed by atoms with Crippen LogP contribution in [0.3, 0.4) is 0 Å². The lowest BCUT2D eigenvalue weighted by atomic mass is 9.84. The highest BCUT2D eigenvalue weighted by Gasteiger charge is 2.19. The average Bonchev–Trinajstić information content (AvgIpc) is 2.74. The van der Waals surface area contributed by atoms with E-state index in [9.17, 15) is 0 Å². The highest BCUT2D eigenvalue weighted by atomic mass is 15.0. The van der Waals surface area contributed by atoms with Crippen LogP contribution in [0.15, 0.2) is 24.4 Å². The summed E-state index contributed by atoms with van der Waals surface area (Å²) < 4.78 is 2.39. The molecular formula is C16H22N2. The molecule has 1 aromatic carbocycles.